The first-order valence-corrected chi connectivity index (χ1v) is 12.5. The molecule has 0 N–H and O–H groups in total. The zero-order valence-corrected chi connectivity index (χ0v) is 18.6. The summed E-state index contributed by atoms with van der Waals surface area (Å²) < 4.78 is 49.7. The predicted octanol–water partition coefficient (Wildman–Crippen LogP) is 2.59. The first-order chi connectivity index (χ1) is 13.4. The highest BCUT2D eigenvalue weighted by molar-refractivity contribution is 7.90. The molecular formula is C19H21ClN2O5S2. The normalized spacial score (nSPS) is 14.7. The van der Waals surface area contributed by atoms with E-state index in [0.29, 0.717) is 25.1 Å². The number of amides is 1. The fourth-order valence-corrected chi connectivity index (χ4v) is 5.27. The molecule has 0 saturated heterocycles. The Morgan fingerprint density at radius 1 is 1.07 bits per heavy atom. The van der Waals surface area contributed by atoms with Gasteiger partial charge in [-0.05, 0) is 54.8 Å². The van der Waals surface area contributed by atoms with Gasteiger partial charge in [0.25, 0.3) is 5.91 Å². The Hall–Kier alpha value is -1.94. The molecule has 7 nitrogen and oxygen atoms in total. The number of hydrogen-bond acceptors (Lipinski definition) is 5. The van der Waals surface area contributed by atoms with Crippen LogP contribution in [0.1, 0.15) is 22.3 Å². The number of carbonyl (C=O) groups is 1. The van der Waals surface area contributed by atoms with Gasteiger partial charge in [-0.1, -0.05) is 11.6 Å². The molecule has 0 spiro atoms. The van der Waals surface area contributed by atoms with E-state index in [0.717, 1.165) is 16.1 Å². The maximum atomic E-state index is 13.2. The van der Waals surface area contributed by atoms with Crippen molar-refractivity contribution < 1.29 is 21.6 Å². The van der Waals surface area contributed by atoms with Gasteiger partial charge in [0.05, 0.1) is 9.92 Å². The highest BCUT2D eigenvalue weighted by Crippen LogP contribution is 2.32. The first-order valence-electron chi connectivity index (χ1n) is 8.80. The summed E-state index contributed by atoms with van der Waals surface area (Å²) in [6, 6.07) is 8.84. The molecule has 1 aliphatic heterocycles. The van der Waals surface area contributed by atoms with E-state index in [-0.39, 0.29) is 26.3 Å². The number of nitrogens with zero attached hydrogens (tertiary/aromatic N) is 2. The van der Waals surface area contributed by atoms with E-state index >= 15 is 0 Å². The second-order valence-corrected chi connectivity index (χ2v) is 11.6. The molecule has 1 aliphatic rings. The van der Waals surface area contributed by atoms with E-state index in [2.05, 4.69) is 0 Å². The van der Waals surface area contributed by atoms with Crippen molar-refractivity contribution in [2.24, 2.45) is 0 Å². The molecule has 2 aromatic carbocycles. The number of benzene rings is 2. The maximum Gasteiger partial charge on any atom is 0.258 e. The largest absolute Gasteiger partial charge is 0.308 e. The topological polar surface area (TPSA) is 91.8 Å². The van der Waals surface area contributed by atoms with Gasteiger partial charge in [0.1, 0.15) is 4.90 Å². The average molecular weight is 457 g/mol. The fourth-order valence-electron chi connectivity index (χ4n) is 3.20. The molecule has 0 aromatic heterocycles. The van der Waals surface area contributed by atoms with Crippen LogP contribution in [0.4, 0.5) is 5.69 Å². The van der Waals surface area contributed by atoms with Crippen LogP contribution in [0.5, 0.6) is 0 Å². The Labute approximate surface area is 175 Å². The van der Waals surface area contributed by atoms with Gasteiger partial charge in [0, 0.05) is 38.1 Å². The molecule has 3 rings (SSSR count). The SMILES string of the molecule is CN(C)S(=O)(=O)c1cc(C(=O)N2CCCc3cc(S(C)(=O)=O)ccc32)ccc1Cl. The van der Waals surface area contributed by atoms with Crippen molar-refractivity contribution in [2.45, 2.75) is 22.6 Å². The zero-order chi connectivity index (χ0) is 21.6. The number of halogens is 1. The lowest BCUT2D eigenvalue weighted by atomic mass is 10.0. The third-order valence-electron chi connectivity index (χ3n) is 4.78. The molecule has 0 unspecified atom stereocenters. The summed E-state index contributed by atoms with van der Waals surface area (Å²) in [4.78, 5) is 14.8. The lowest BCUT2D eigenvalue weighted by molar-refractivity contribution is 0.0985. The Bertz CT molecular complexity index is 1190. The quantitative estimate of drug-likeness (QED) is 0.705. The molecule has 1 amide bonds. The van der Waals surface area contributed by atoms with Gasteiger partial charge in [-0.2, -0.15) is 0 Å². The second kappa shape index (κ2) is 7.71. The summed E-state index contributed by atoms with van der Waals surface area (Å²) in [7, 11) is -4.38. The lowest BCUT2D eigenvalue weighted by Gasteiger charge is -2.30. The number of sulfone groups is 1. The first kappa shape index (κ1) is 21.8. The molecule has 0 atom stereocenters. The van der Waals surface area contributed by atoms with Crippen molar-refractivity contribution >= 4 is 43.1 Å². The molecule has 0 fully saturated rings. The lowest BCUT2D eigenvalue weighted by Crippen LogP contribution is -2.35. The number of fused-ring (bicyclic) bond motifs is 1. The molecule has 2 aromatic rings. The fraction of sp³-hybridized carbons (Fsp3) is 0.316. The van der Waals surface area contributed by atoms with Gasteiger partial charge in [-0.25, -0.2) is 21.1 Å². The van der Waals surface area contributed by atoms with Crippen LogP contribution in [-0.4, -0.2) is 53.9 Å². The van der Waals surface area contributed by atoms with Gasteiger partial charge in [0.15, 0.2) is 9.84 Å². The van der Waals surface area contributed by atoms with Crippen molar-refractivity contribution in [3.05, 3.63) is 52.5 Å². The van der Waals surface area contributed by atoms with E-state index in [4.69, 9.17) is 11.6 Å². The van der Waals surface area contributed by atoms with Crippen molar-refractivity contribution in [1.29, 1.82) is 0 Å². The summed E-state index contributed by atoms with van der Waals surface area (Å²) in [5, 5.41) is 0.0343. The minimum atomic E-state index is -3.81. The smallest absolute Gasteiger partial charge is 0.258 e. The molecule has 0 saturated carbocycles. The Morgan fingerprint density at radius 3 is 2.38 bits per heavy atom. The minimum absolute atomic E-state index is 0.0343. The van der Waals surface area contributed by atoms with Gasteiger partial charge in [-0.15, -0.1) is 0 Å². The highest BCUT2D eigenvalue weighted by Gasteiger charge is 2.27. The maximum absolute atomic E-state index is 13.2. The second-order valence-electron chi connectivity index (χ2n) is 7.06. The van der Waals surface area contributed by atoms with Crippen LogP contribution in [0, 0.1) is 0 Å². The van der Waals surface area contributed by atoms with Crippen LogP contribution in [0.2, 0.25) is 5.02 Å². The van der Waals surface area contributed by atoms with Crippen molar-refractivity contribution in [3.8, 4) is 0 Å². The average Bonchev–Trinajstić information content (AvgIpc) is 2.66. The van der Waals surface area contributed by atoms with Crippen molar-refractivity contribution in [3.63, 3.8) is 0 Å². The van der Waals surface area contributed by atoms with Crippen molar-refractivity contribution in [2.75, 3.05) is 31.8 Å². The van der Waals surface area contributed by atoms with E-state index in [1.165, 1.54) is 38.4 Å². The van der Waals surface area contributed by atoms with Gasteiger partial charge in [0.2, 0.25) is 10.0 Å². The Morgan fingerprint density at radius 2 is 1.76 bits per heavy atom. The van der Waals surface area contributed by atoms with Crippen LogP contribution in [0.25, 0.3) is 0 Å². The summed E-state index contributed by atoms with van der Waals surface area (Å²) in [5.41, 5.74) is 1.58. The molecule has 0 bridgehead atoms. The van der Waals surface area contributed by atoms with E-state index in [1.54, 1.807) is 17.0 Å². The molecule has 156 valence electrons. The number of anilines is 1. The van der Waals surface area contributed by atoms with E-state index in [9.17, 15) is 21.6 Å². The number of sulfonamides is 1. The van der Waals surface area contributed by atoms with Gasteiger partial charge < -0.3 is 4.90 Å². The summed E-state index contributed by atoms with van der Waals surface area (Å²) in [6.45, 7) is 0.447. The number of aryl methyl sites for hydroxylation is 1. The number of rotatable bonds is 4. The van der Waals surface area contributed by atoms with E-state index < -0.39 is 19.9 Å². The van der Waals surface area contributed by atoms with Crippen LogP contribution >= 0.6 is 11.6 Å². The number of carbonyl (C=O) groups excluding carboxylic acids is 1. The van der Waals surface area contributed by atoms with Crippen molar-refractivity contribution in [1.82, 2.24) is 4.31 Å². The monoisotopic (exact) mass is 456 g/mol. The molecule has 1 heterocycles. The molecule has 10 heteroatoms. The minimum Gasteiger partial charge on any atom is -0.308 e. The Balaban J connectivity index is 2.03. The van der Waals surface area contributed by atoms with Crippen LogP contribution in [0.3, 0.4) is 0 Å². The zero-order valence-electron chi connectivity index (χ0n) is 16.2. The highest BCUT2D eigenvalue weighted by atomic mass is 35.5. The summed E-state index contributed by atoms with van der Waals surface area (Å²) in [6.07, 6.45) is 2.46. The number of hydrogen-bond donors (Lipinski definition) is 0. The predicted molar refractivity (Wildman–Crippen MR) is 112 cm³/mol. The third kappa shape index (κ3) is 4.18. The Kier molecular flexibility index (Phi) is 5.79. The molecule has 0 radical (unpaired) electrons. The van der Waals surface area contributed by atoms with E-state index in [1.807, 2.05) is 0 Å². The molecular weight excluding hydrogens is 436 g/mol. The molecule has 29 heavy (non-hydrogen) atoms. The van der Waals surface area contributed by atoms with Crippen LogP contribution in [-0.2, 0) is 26.3 Å². The summed E-state index contributed by atoms with van der Waals surface area (Å²) in [5.74, 6) is -0.370. The summed E-state index contributed by atoms with van der Waals surface area (Å²) >= 11 is 6.07. The van der Waals surface area contributed by atoms with Gasteiger partial charge in [-0.3, -0.25) is 4.79 Å². The molecule has 0 aliphatic carbocycles. The van der Waals surface area contributed by atoms with Gasteiger partial charge >= 0.3 is 0 Å². The standard InChI is InChI=1S/C19H21ClN2O5S2/c1-21(2)29(26,27)18-12-14(6-8-16(18)20)19(23)22-10-4-5-13-11-15(28(3,24)25)7-9-17(13)22/h6-9,11-12H,4-5,10H2,1-3H3. The van der Waals surface area contributed by atoms with Crippen LogP contribution < -0.4 is 4.90 Å². The third-order valence-corrected chi connectivity index (χ3v) is 8.19. The van der Waals surface area contributed by atoms with Crippen LogP contribution in [0.15, 0.2) is 46.2 Å².